The molecule has 3 N–H and O–H groups in total. The van der Waals surface area contributed by atoms with Gasteiger partial charge in [0.25, 0.3) is 11.7 Å². The first-order valence-electron chi connectivity index (χ1n) is 8.89. The Kier molecular flexibility index (Phi) is 5.65. The third-order valence-electron chi connectivity index (χ3n) is 4.93. The maximum Gasteiger partial charge on any atom is 0.418 e. The maximum atomic E-state index is 13.1. The van der Waals surface area contributed by atoms with Crippen LogP contribution in [0, 0.1) is 0 Å². The molecule has 1 aliphatic rings. The van der Waals surface area contributed by atoms with E-state index in [1.54, 1.807) is 6.92 Å². The van der Waals surface area contributed by atoms with Crippen molar-refractivity contribution in [2.75, 3.05) is 36.4 Å². The molecule has 1 aromatic heterocycles. The molecule has 0 spiro atoms. The van der Waals surface area contributed by atoms with E-state index in [0.717, 1.165) is 43.0 Å². The lowest BCUT2D eigenvalue weighted by molar-refractivity contribution is -0.914. The van der Waals surface area contributed by atoms with Gasteiger partial charge in [0.05, 0.1) is 17.4 Å². The molecule has 27 heavy (non-hydrogen) atoms. The fraction of sp³-hybridized carbons (Fsp3) is 0.368. The molecule has 2 aromatic rings. The summed E-state index contributed by atoms with van der Waals surface area (Å²) in [7, 11) is 0. The summed E-state index contributed by atoms with van der Waals surface area (Å²) >= 11 is 0. The van der Waals surface area contributed by atoms with E-state index in [4.69, 9.17) is 0 Å². The van der Waals surface area contributed by atoms with Crippen LogP contribution in [-0.4, -0.2) is 38.1 Å². The lowest BCUT2D eigenvalue weighted by Gasteiger charge is -2.31. The maximum absolute atomic E-state index is 13.1. The number of pyridine rings is 1. The van der Waals surface area contributed by atoms with E-state index in [0.29, 0.717) is 0 Å². The fourth-order valence-corrected chi connectivity index (χ4v) is 3.31. The van der Waals surface area contributed by atoms with Crippen LogP contribution in [0.25, 0.3) is 0 Å². The van der Waals surface area contributed by atoms with Gasteiger partial charge in [0.2, 0.25) is 0 Å². The molecule has 3 rings (SSSR count). The molecule has 5 nitrogen and oxygen atoms in total. The van der Waals surface area contributed by atoms with E-state index < -0.39 is 23.7 Å². The number of para-hydroxylation sites is 1. The van der Waals surface area contributed by atoms with E-state index in [2.05, 4.69) is 15.2 Å². The van der Waals surface area contributed by atoms with E-state index in [9.17, 15) is 18.0 Å². The number of benzene rings is 1. The van der Waals surface area contributed by atoms with E-state index >= 15 is 0 Å². The molecule has 1 fully saturated rings. The second-order valence-electron chi connectivity index (χ2n) is 6.65. The third-order valence-corrected chi connectivity index (χ3v) is 4.93. The number of halogens is 3. The highest BCUT2D eigenvalue weighted by Gasteiger charge is 2.36. The van der Waals surface area contributed by atoms with Gasteiger partial charge in [-0.1, -0.05) is 18.2 Å². The summed E-state index contributed by atoms with van der Waals surface area (Å²) in [4.78, 5) is 19.0. The van der Waals surface area contributed by atoms with Crippen LogP contribution < -0.4 is 20.1 Å². The SMILES string of the molecule is C[C@H](C(=O)Nc1ccccc1C(F)(F)F)[NH+]1CCN(c2cccc[nH+]2)CC1. The van der Waals surface area contributed by atoms with Crippen molar-refractivity contribution in [1.82, 2.24) is 0 Å². The van der Waals surface area contributed by atoms with Gasteiger partial charge >= 0.3 is 6.18 Å². The van der Waals surface area contributed by atoms with Crippen molar-refractivity contribution < 1.29 is 27.8 Å². The van der Waals surface area contributed by atoms with Crippen molar-refractivity contribution >= 4 is 17.4 Å². The van der Waals surface area contributed by atoms with Gasteiger partial charge in [-0.2, -0.15) is 13.2 Å². The lowest BCUT2D eigenvalue weighted by Crippen LogP contribution is -3.19. The molecule has 8 heteroatoms. The van der Waals surface area contributed by atoms with Crippen LogP contribution in [0.5, 0.6) is 0 Å². The lowest BCUT2D eigenvalue weighted by atomic mass is 10.1. The van der Waals surface area contributed by atoms with Gasteiger partial charge in [-0.3, -0.25) is 9.69 Å². The highest BCUT2D eigenvalue weighted by atomic mass is 19.4. The zero-order chi connectivity index (χ0) is 19.4. The molecule has 1 saturated heterocycles. The Labute approximate surface area is 155 Å². The molecular weight excluding hydrogens is 357 g/mol. The van der Waals surface area contributed by atoms with Crippen LogP contribution in [0.4, 0.5) is 24.7 Å². The van der Waals surface area contributed by atoms with Gasteiger partial charge < -0.3 is 10.2 Å². The Morgan fingerprint density at radius 1 is 1.15 bits per heavy atom. The van der Waals surface area contributed by atoms with E-state index in [1.807, 2.05) is 24.4 Å². The normalized spacial score (nSPS) is 16.8. The molecule has 1 atom stereocenters. The number of carbonyl (C=O) groups excluding carboxylic acids is 1. The molecular formula is C19H23F3N4O+2. The predicted octanol–water partition coefficient (Wildman–Crippen LogP) is 1.25. The Bertz CT molecular complexity index is 774. The van der Waals surface area contributed by atoms with Gasteiger partial charge in [0.15, 0.2) is 6.04 Å². The van der Waals surface area contributed by atoms with Crippen molar-refractivity contribution in [3.8, 4) is 0 Å². The minimum Gasteiger partial charge on any atom is -0.320 e. The standard InChI is InChI=1S/C19H21F3N4O/c1-14(18(27)24-16-7-3-2-6-15(16)19(20,21)22)25-10-12-26(13-11-25)17-8-4-5-9-23-17/h2-9,14H,10-13H2,1H3,(H,24,27)/p+2/t14-/m1/s1. The number of carbonyl (C=O) groups is 1. The number of anilines is 2. The van der Waals surface area contributed by atoms with Crippen LogP contribution in [0.1, 0.15) is 12.5 Å². The first-order chi connectivity index (χ1) is 12.9. The molecule has 144 valence electrons. The van der Waals surface area contributed by atoms with Gasteiger partial charge in [-0.25, -0.2) is 4.98 Å². The summed E-state index contributed by atoms with van der Waals surface area (Å²) in [6.45, 7) is 4.76. The van der Waals surface area contributed by atoms with E-state index in [-0.39, 0.29) is 5.69 Å². The third kappa shape index (κ3) is 4.57. The number of hydrogen-bond donors (Lipinski definition) is 2. The number of rotatable bonds is 4. The molecule has 0 bridgehead atoms. The topological polar surface area (TPSA) is 50.9 Å². The number of nitrogens with zero attached hydrogens (tertiary/aromatic N) is 1. The quantitative estimate of drug-likeness (QED) is 0.839. The number of quaternary nitrogens is 1. The monoisotopic (exact) mass is 380 g/mol. The number of alkyl halides is 3. The first kappa shape index (κ1) is 19.2. The van der Waals surface area contributed by atoms with E-state index in [1.165, 1.54) is 18.2 Å². The van der Waals surface area contributed by atoms with Gasteiger partial charge in [0.1, 0.15) is 26.2 Å². The Morgan fingerprint density at radius 2 is 1.81 bits per heavy atom. The first-order valence-corrected chi connectivity index (χ1v) is 8.89. The predicted molar refractivity (Wildman–Crippen MR) is 95.4 cm³/mol. The van der Waals surface area contributed by atoms with Crippen molar-refractivity contribution in [3.63, 3.8) is 0 Å². The van der Waals surface area contributed by atoms with Crippen LogP contribution in [0.2, 0.25) is 0 Å². The summed E-state index contributed by atoms with van der Waals surface area (Å²) < 4.78 is 39.3. The highest BCUT2D eigenvalue weighted by molar-refractivity contribution is 5.94. The van der Waals surface area contributed by atoms with Crippen molar-refractivity contribution in [3.05, 3.63) is 54.2 Å². The summed E-state index contributed by atoms with van der Waals surface area (Å²) in [6.07, 6.45) is -2.64. The number of piperazine rings is 1. The Morgan fingerprint density at radius 3 is 2.44 bits per heavy atom. The molecule has 1 amide bonds. The molecule has 0 saturated carbocycles. The van der Waals surface area contributed by atoms with Crippen LogP contribution >= 0.6 is 0 Å². The number of aromatic nitrogens is 1. The highest BCUT2D eigenvalue weighted by Crippen LogP contribution is 2.34. The fourth-order valence-electron chi connectivity index (χ4n) is 3.31. The average molecular weight is 380 g/mol. The molecule has 0 aliphatic carbocycles. The zero-order valence-corrected chi connectivity index (χ0v) is 15.0. The second kappa shape index (κ2) is 7.96. The smallest absolute Gasteiger partial charge is 0.320 e. The summed E-state index contributed by atoms with van der Waals surface area (Å²) in [5.41, 5.74) is -1.02. The van der Waals surface area contributed by atoms with Crippen LogP contribution in [0.15, 0.2) is 48.7 Å². The van der Waals surface area contributed by atoms with Crippen molar-refractivity contribution in [2.24, 2.45) is 0 Å². The van der Waals surface area contributed by atoms with Crippen molar-refractivity contribution in [1.29, 1.82) is 0 Å². The average Bonchev–Trinajstić information content (AvgIpc) is 2.68. The van der Waals surface area contributed by atoms with Gasteiger partial charge in [-0.15, -0.1) is 0 Å². The van der Waals surface area contributed by atoms with Gasteiger partial charge in [0, 0.05) is 6.07 Å². The summed E-state index contributed by atoms with van der Waals surface area (Å²) in [5.74, 6) is 0.620. The number of nitrogens with one attached hydrogen (secondary N) is 3. The number of amides is 1. The number of aromatic amines is 1. The number of hydrogen-bond acceptors (Lipinski definition) is 2. The van der Waals surface area contributed by atoms with Crippen molar-refractivity contribution in [2.45, 2.75) is 19.1 Å². The molecule has 2 heterocycles. The largest absolute Gasteiger partial charge is 0.418 e. The van der Waals surface area contributed by atoms with Crippen LogP contribution in [0.3, 0.4) is 0 Å². The molecule has 0 radical (unpaired) electrons. The molecule has 1 aromatic carbocycles. The minimum absolute atomic E-state index is 0.196. The van der Waals surface area contributed by atoms with Crippen LogP contribution in [-0.2, 0) is 11.0 Å². The summed E-state index contributed by atoms with van der Waals surface area (Å²) in [5, 5.41) is 2.46. The minimum atomic E-state index is -4.50. The summed E-state index contributed by atoms with van der Waals surface area (Å²) in [6, 6.07) is 10.5. The Balaban J connectivity index is 1.61. The number of H-pyrrole nitrogens is 1. The Hall–Kier alpha value is -2.61. The molecule has 1 aliphatic heterocycles. The van der Waals surface area contributed by atoms with Gasteiger partial charge in [-0.05, 0) is 25.1 Å². The second-order valence-corrected chi connectivity index (χ2v) is 6.65. The zero-order valence-electron chi connectivity index (χ0n) is 15.0. The molecule has 0 unspecified atom stereocenters.